The van der Waals surface area contributed by atoms with Crippen molar-refractivity contribution in [2.45, 2.75) is 20.3 Å². The second kappa shape index (κ2) is 5.74. The van der Waals surface area contributed by atoms with Crippen LogP contribution in [0.3, 0.4) is 0 Å². The molecule has 2 rings (SSSR count). The second-order valence-corrected chi connectivity index (χ2v) is 5.24. The number of aromatic amines is 1. The van der Waals surface area contributed by atoms with Crippen molar-refractivity contribution in [2.24, 2.45) is 0 Å². The van der Waals surface area contributed by atoms with Crippen LogP contribution in [0.4, 0.5) is 0 Å². The third-order valence-corrected chi connectivity index (χ3v) is 3.33. The van der Waals surface area contributed by atoms with Crippen molar-refractivity contribution in [1.82, 2.24) is 10.2 Å². The molecule has 0 bridgehead atoms. The smallest absolute Gasteiger partial charge is 0.185 e. The van der Waals surface area contributed by atoms with Crippen molar-refractivity contribution in [3.05, 3.63) is 29.5 Å². The van der Waals surface area contributed by atoms with Crippen LogP contribution in [0.2, 0.25) is 0 Å². The highest BCUT2D eigenvalue weighted by Crippen LogP contribution is 2.16. The minimum absolute atomic E-state index is 0.144. The van der Waals surface area contributed by atoms with E-state index < -0.39 is 0 Å². The molecule has 0 saturated heterocycles. The van der Waals surface area contributed by atoms with Crippen molar-refractivity contribution >= 4 is 27.8 Å². The van der Waals surface area contributed by atoms with E-state index >= 15 is 0 Å². The van der Waals surface area contributed by atoms with E-state index in [9.17, 15) is 4.79 Å². The topological polar surface area (TPSA) is 45.8 Å². The van der Waals surface area contributed by atoms with E-state index in [2.05, 4.69) is 22.0 Å². The molecule has 0 atom stereocenters. The number of carbonyl (C=O) groups excluding carboxylic acids is 1. The van der Waals surface area contributed by atoms with Crippen LogP contribution in [0, 0.1) is 18.8 Å². The molecule has 0 fully saturated rings. The molecule has 0 aliphatic rings. The van der Waals surface area contributed by atoms with Crippen molar-refractivity contribution in [1.29, 1.82) is 0 Å². The van der Waals surface area contributed by atoms with Crippen molar-refractivity contribution < 1.29 is 4.79 Å². The molecule has 2 aromatic rings. The number of hydrogen-bond donors (Lipinski definition) is 1. The van der Waals surface area contributed by atoms with Gasteiger partial charge in [-0.2, -0.15) is 5.10 Å². The summed E-state index contributed by atoms with van der Waals surface area (Å²) in [6.45, 7) is 3.57. The first-order chi connectivity index (χ1) is 8.66. The van der Waals surface area contributed by atoms with Crippen LogP contribution in [0.25, 0.3) is 10.9 Å². The van der Waals surface area contributed by atoms with Crippen LogP contribution >= 0.6 is 11.8 Å². The van der Waals surface area contributed by atoms with Gasteiger partial charge in [0.2, 0.25) is 0 Å². The number of thioether (sulfide) groups is 1. The van der Waals surface area contributed by atoms with Crippen LogP contribution in [0.1, 0.15) is 24.6 Å². The van der Waals surface area contributed by atoms with Crippen LogP contribution in [0.5, 0.6) is 0 Å². The van der Waals surface area contributed by atoms with Gasteiger partial charge in [-0.1, -0.05) is 23.6 Å². The number of aryl methyl sites for hydroxylation is 1. The molecule has 0 saturated carbocycles. The van der Waals surface area contributed by atoms with Crippen molar-refractivity contribution in [3.8, 4) is 11.8 Å². The number of rotatable bonds is 2. The zero-order valence-electron chi connectivity index (χ0n) is 10.4. The number of H-pyrrole nitrogens is 1. The maximum Gasteiger partial charge on any atom is 0.185 e. The molecule has 0 radical (unpaired) electrons. The average Bonchev–Trinajstić information content (AvgIpc) is 2.70. The molecule has 4 heteroatoms. The van der Waals surface area contributed by atoms with Gasteiger partial charge in [0.1, 0.15) is 0 Å². The molecular weight excluding hydrogens is 244 g/mol. The molecule has 0 amide bonds. The van der Waals surface area contributed by atoms with Gasteiger partial charge in [0.25, 0.3) is 0 Å². The Morgan fingerprint density at radius 3 is 3.11 bits per heavy atom. The largest absolute Gasteiger partial charge is 0.288 e. The fourth-order valence-corrected chi connectivity index (χ4v) is 2.13. The fraction of sp³-hybridized carbons (Fsp3) is 0.286. The highest BCUT2D eigenvalue weighted by molar-refractivity contribution is 8.13. The molecule has 0 aliphatic heterocycles. The van der Waals surface area contributed by atoms with E-state index in [1.165, 1.54) is 11.8 Å². The Bertz CT molecular complexity index is 634. The highest BCUT2D eigenvalue weighted by Gasteiger charge is 2.00. The molecule has 1 aromatic heterocycles. The van der Waals surface area contributed by atoms with Crippen LogP contribution in [0.15, 0.2) is 18.2 Å². The summed E-state index contributed by atoms with van der Waals surface area (Å²) in [6.07, 6.45) is 0.724. The quantitative estimate of drug-likeness (QED) is 0.665. The van der Waals surface area contributed by atoms with Gasteiger partial charge >= 0.3 is 0 Å². The first-order valence-corrected chi connectivity index (χ1v) is 6.72. The number of fused-ring (bicyclic) bond motifs is 1. The number of hydrogen-bond acceptors (Lipinski definition) is 3. The van der Waals surface area contributed by atoms with Gasteiger partial charge in [0, 0.05) is 35.7 Å². The number of aromatic nitrogens is 2. The summed E-state index contributed by atoms with van der Waals surface area (Å²) in [5, 5.41) is 8.43. The number of nitrogens with one attached hydrogen (secondary N) is 1. The van der Waals surface area contributed by atoms with E-state index in [0.29, 0.717) is 0 Å². The van der Waals surface area contributed by atoms with E-state index in [1.54, 1.807) is 6.92 Å². The summed E-state index contributed by atoms with van der Waals surface area (Å²) < 4.78 is 0. The SMILES string of the molecule is CC(=O)SCCC#Cc1ccc2c(C)[nH]nc2c1. The van der Waals surface area contributed by atoms with Crippen molar-refractivity contribution in [2.75, 3.05) is 5.75 Å². The standard InChI is InChI=1S/C14H14N2OS/c1-10-13-7-6-12(9-14(13)16-15-10)5-3-4-8-18-11(2)17/h6-7,9H,4,8H2,1-2H3,(H,15,16). The fourth-order valence-electron chi connectivity index (χ4n) is 1.63. The predicted octanol–water partition coefficient (Wildman–Crippen LogP) is 2.89. The number of benzene rings is 1. The molecule has 92 valence electrons. The van der Waals surface area contributed by atoms with Gasteiger partial charge in [-0.3, -0.25) is 9.89 Å². The zero-order chi connectivity index (χ0) is 13.0. The number of carbonyl (C=O) groups is 1. The first kappa shape index (κ1) is 12.7. The monoisotopic (exact) mass is 258 g/mol. The third kappa shape index (κ3) is 3.14. The van der Waals surface area contributed by atoms with Gasteiger partial charge in [-0.05, 0) is 25.1 Å². The number of nitrogens with zero attached hydrogens (tertiary/aromatic N) is 1. The molecule has 3 nitrogen and oxygen atoms in total. The summed E-state index contributed by atoms with van der Waals surface area (Å²) in [5.74, 6) is 6.91. The van der Waals surface area contributed by atoms with Gasteiger partial charge in [0.15, 0.2) is 5.12 Å². The van der Waals surface area contributed by atoms with Gasteiger partial charge in [-0.15, -0.1) is 0 Å². The molecule has 1 N–H and O–H groups in total. The van der Waals surface area contributed by atoms with E-state index in [0.717, 1.165) is 34.3 Å². The Hall–Kier alpha value is -1.73. The summed E-state index contributed by atoms with van der Waals surface area (Å²) in [4.78, 5) is 10.7. The minimum Gasteiger partial charge on any atom is -0.288 e. The Kier molecular flexibility index (Phi) is 4.06. The lowest BCUT2D eigenvalue weighted by Crippen LogP contribution is -1.84. The maximum atomic E-state index is 10.7. The van der Waals surface area contributed by atoms with Crippen LogP contribution in [-0.4, -0.2) is 21.1 Å². The van der Waals surface area contributed by atoms with Gasteiger partial charge < -0.3 is 0 Å². The predicted molar refractivity (Wildman–Crippen MR) is 75.5 cm³/mol. The molecule has 1 aromatic carbocycles. The van der Waals surface area contributed by atoms with Gasteiger partial charge in [-0.25, -0.2) is 0 Å². The van der Waals surface area contributed by atoms with E-state index in [4.69, 9.17) is 0 Å². The molecular formula is C14H14N2OS. The van der Waals surface area contributed by atoms with Crippen LogP contribution in [-0.2, 0) is 4.79 Å². The Morgan fingerprint density at radius 1 is 1.50 bits per heavy atom. The van der Waals surface area contributed by atoms with Gasteiger partial charge in [0.05, 0.1) is 5.52 Å². The molecule has 18 heavy (non-hydrogen) atoms. The zero-order valence-corrected chi connectivity index (χ0v) is 11.2. The third-order valence-electron chi connectivity index (χ3n) is 2.51. The minimum atomic E-state index is 0.144. The van der Waals surface area contributed by atoms with Crippen LogP contribution < -0.4 is 0 Å². The normalized spacial score (nSPS) is 10.1. The maximum absolute atomic E-state index is 10.7. The van der Waals surface area contributed by atoms with Crippen molar-refractivity contribution in [3.63, 3.8) is 0 Å². The summed E-state index contributed by atoms with van der Waals surface area (Å²) in [5.41, 5.74) is 2.97. The highest BCUT2D eigenvalue weighted by atomic mass is 32.2. The first-order valence-electron chi connectivity index (χ1n) is 5.74. The Balaban J connectivity index is 2.03. The molecule has 0 aliphatic carbocycles. The Morgan fingerprint density at radius 2 is 2.33 bits per heavy atom. The lowest BCUT2D eigenvalue weighted by Gasteiger charge is -1.92. The molecule has 0 spiro atoms. The van der Waals surface area contributed by atoms with E-state index in [-0.39, 0.29) is 5.12 Å². The summed E-state index contributed by atoms with van der Waals surface area (Å²) in [6, 6.07) is 6.00. The summed E-state index contributed by atoms with van der Waals surface area (Å²) in [7, 11) is 0. The lowest BCUT2D eigenvalue weighted by molar-refractivity contribution is -0.109. The molecule has 0 unspecified atom stereocenters. The Labute approximate surface area is 110 Å². The van der Waals surface area contributed by atoms with E-state index in [1.807, 2.05) is 25.1 Å². The second-order valence-electron chi connectivity index (χ2n) is 3.97. The average molecular weight is 258 g/mol. The molecule has 1 heterocycles. The summed E-state index contributed by atoms with van der Waals surface area (Å²) >= 11 is 1.31. The lowest BCUT2D eigenvalue weighted by atomic mass is 10.1.